The Morgan fingerprint density at radius 1 is 1.50 bits per heavy atom. The SMILES string of the molecule is C[C@H](O)C(=O)[C@@H]1C[C@@H]2C=C[C@H]1C2. The first-order valence-electron chi connectivity index (χ1n) is 4.58. The van der Waals surface area contributed by atoms with Crippen LogP contribution in [-0.2, 0) is 4.79 Å². The van der Waals surface area contributed by atoms with E-state index in [1.54, 1.807) is 6.92 Å². The fraction of sp³-hybridized carbons (Fsp3) is 0.700. The van der Waals surface area contributed by atoms with Gasteiger partial charge in [-0.25, -0.2) is 0 Å². The summed E-state index contributed by atoms with van der Waals surface area (Å²) in [7, 11) is 0. The molecule has 0 saturated heterocycles. The number of allylic oxidation sites excluding steroid dienone is 2. The number of fused-ring (bicyclic) bond motifs is 2. The van der Waals surface area contributed by atoms with Gasteiger partial charge in [-0.05, 0) is 31.6 Å². The maximum atomic E-state index is 11.5. The zero-order valence-electron chi connectivity index (χ0n) is 7.23. The van der Waals surface area contributed by atoms with Crippen molar-refractivity contribution >= 4 is 5.78 Å². The van der Waals surface area contributed by atoms with Crippen LogP contribution in [0.4, 0.5) is 0 Å². The molecule has 4 atom stereocenters. The van der Waals surface area contributed by atoms with E-state index in [-0.39, 0.29) is 11.7 Å². The molecule has 2 heteroatoms. The molecule has 0 radical (unpaired) electrons. The second-order valence-corrected chi connectivity index (χ2v) is 3.97. The third kappa shape index (κ3) is 1.11. The minimum absolute atomic E-state index is 0.0341. The molecule has 1 N–H and O–H groups in total. The summed E-state index contributed by atoms with van der Waals surface area (Å²) in [6.07, 6.45) is 5.66. The molecule has 0 aromatic carbocycles. The van der Waals surface area contributed by atoms with Crippen molar-refractivity contribution in [3.63, 3.8) is 0 Å². The molecule has 2 bridgehead atoms. The Labute approximate surface area is 72.3 Å². The van der Waals surface area contributed by atoms with Gasteiger partial charge in [-0.3, -0.25) is 4.79 Å². The number of carbonyl (C=O) groups excluding carboxylic acids is 1. The first-order valence-corrected chi connectivity index (χ1v) is 4.58. The molecular weight excluding hydrogens is 152 g/mol. The van der Waals surface area contributed by atoms with Crippen molar-refractivity contribution in [2.24, 2.45) is 17.8 Å². The van der Waals surface area contributed by atoms with Crippen molar-refractivity contribution in [3.8, 4) is 0 Å². The predicted molar refractivity (Wildman–Crippen MR) is 45.5 cm³/mol. The standard InChI is InChI=1S/C10H14O2/c1-6(11)10(12)9-5-7-2-3-8(9)4-7/h2-3,6-9,11H,4-5H2,1H3/t6-,7+,8-,9+/m0/s1. The zero-order valence-corrected chi connectivity index (χ0v) is 7.23. The van der Waals surface area contributed by atoms with Crippen LogP contribution in [0.1, 0.15) is 19.8 Å². The Hall–Kier alpha value is -0.630. The molecule has 0 aromatic heterocycles. The van der Waals surface area contributed by atoms with Crippen molar-refractivity contribution in [1.29, 1.82) is 0 Å². The van der Waals surface area contributed by atoms with Gasteiger partial charge in [0.1, 0.15) is 6.10 Å². The summed E-state index contributed by atoms with van der Waals surface area (Å²) in [6.45, 7) is 1.57. The van der Waals surface area contributed by atoms with Gasteiger partial charge in [0.15, 0.2) is 5.78 Å². The Kier molecular flexibility index (Phi) is 1.80. The Morgan fingerprint density at radius 3 is 2.67 bits per heavy atom. The van der Waals surface area contributed by atoms with Crippen LogP contribution in [0.2, 0.25) is 0 Å². The lowest BCUT2D eigenvalue weighted by Crippen LogP contribution is -2.28. The van der Waals surface area contributed by atoms with Crippen LogP contribution in [0.5, 0.6) is 0 Å². The number of aliphatic hydroxyl groups excluding tert-OH is 1. The average molecular weight is 166 g/mol. The van der Waals surface area contributed by atoms with Gasteiger partial charge in [-0.15, -0.1) is 0 Å². The maximum Gasteiger partial charge on any atom is 0.164 e. The summed E-state index contributed by atoms with van der Waals surface area (Å²) < 4.78 is 0. The Balaban J connectivity index is 2.08. The van der Waals surface area contributed by atoms with E-state index < -0.39 is 6.10 Å². The number of ketones is 1. The van der Waals surface area contributed by atoms with Gasteiger partial charge in [0.2, 0.25) is 0 Å². The fourth-order valence-electron chi connectivity index (χ4n) is 2.42. The van der Waals surface area contributed by atoms with Gasteiger partial charge in [0.05, 0.1) is 0 Å². The van der Waals surface area contributed by atoms with Gasteiger partial charge in [-0.1, -0.05) is 12.2 Å². The van der Waals surface area contributed by atoms with E-state index >= 15 is 0 Å². The van der Waals surface area contributed by atoms with Gasteiger partial charge >= 0.3 is 0 Å². The van der Waals surface area contributed by atoms with E-state index in [1.165, 1.54) is 0 Å². The van der Waals surface area contributed by atoms with Crippen LogP contribution >= 0.6 is 0 Å². The summed E-state index contributed by atoms with van der Waals surface area (Å²) in [5.41, 5.74) is 0. The minimum atomic E-state index is -0.775. The Morgan fingerprint density at radius 2 is 2.25 bits per heavy atom. The molecule has 1 fully saturated rings. The molecule has 0 aliphatic heterocycles. The van der Waals surface area contributed by atoms with Crippen molar-refractivity contribution < 1.29 is 9.90 Å². The van der Waals surface area contributed by atoms with Crippen LogP contribution in [0.3, 0.4) is 0 Å². The number of Topliss-reactive ketones (excluding diaryl/α,β-unsaturated/α-hetero) is 1. The molecule has 2 nitrogen and oxygen atoms in total. The van der Waals surface area contributed by atoms with Crippen molar-refractivity contribution in [3.05, 3.63) is 12.2 Å². The normalized spacial score (nSPS) is 40.3. The molecule has 0 heterocycles. The summed E-state index contributed by atoms with van der Waals surface area (Å²) in [4.78, 5) is 11.5. The van der Waals surface area contributed by atoms with Crippen LogP contribution in [0.25, 0.3) is 0 Å². The summed E-state index contributed by atoms with van der Waals surface area (Å²) in [5.74, 6) is 1.19. The third-order valence-electron chi connectivity index (χ3n) is 3.06. The Bertz CT molecular complexity index is 230. The lowest BCUT2D eigenvalue weighted by atomic mass is 9.88. The predicted octanol–water partition coefficient (Wildman–Crippen LogP) is 1.15. The van der Waals surface area contributed by atoms with E-state index in [1.807, 2.05) is 0 Å². The van der Waals surface area contributed by atoms with Gasteiger partial charge < -0.3 is 5.11 Å². The van der Waals surface area contributed by atoms with Gasteiger partial charge in [0.25, 0.3) is 0 Å². The van der Waals surface area contributed by atoms with Crippen molar-refractivity contribution in [1.82, 2.24) is 0 Å². The summed E-state index contributed by atoms with van der Waals surface area (Å²) >= 11 is 0. The summed E-state index contributed by atoms with van der Waals surface area (Å²) in [5, 5.41) is 9.14. The lowest BCUT2D eigenvalue weighted by Gasteiger charge is -2.17. The van der Waals surface area contributed by atoms with E-state index in [0.29, 0.717) is 11.8 Å². The van der Waals surface area contributed by atoms with E-state index in [0.717, 1.165) is 12.8 Å². The number of hydrogen-bond donors (Lipinski definition) is 1. The molecule has 12 heavy (non-hydrogen) atoms. The molecule has 66 valence electrons. The maximum absolute atomic E-state index is 11.5. The lowest BCUT2D eigenvalue weighted by molar-refractivity contribution is -0.131. The average Bonchev–Trinajstić information content (AvgIpc) is 2.62. The first-order chi connectivity index (χ1) is 5.68. The largest absolute Gasteiger partial charge is 0.386 e. The van der Waals surface area contributed by atoms with Gasteiger partial charge in [0, 0.05) is 5.92 Å². The molecule has 2 rings (SSSR count). The number of carbonyl (C=O) groups is 1. The molecule has 0 unspecified atom stereocenters. The topological polar surface area (TPSA) is 37.3 Å². The van der Waals surface area contributed by atoms with Crippen LogP contribution < -0.4 is 0 Å². The fourth-order valence-corrected chi connectivity index (χ4v) is 2.42. The first kappa shape index (κ1) is 7.99. The number of rotatable bonds is 2. The number of aliphatic hydroxyl groups is 1. The van der Waals surface area contributed by atoms with Crippen molar-refractivity contribution in [2.75, 3.05) is 0 Å². The highest BCUT2D eigenvalue weighted by Gasteiger charge is 2.40. The van der Waals surface area contributed by atoms with E-state index in [2.05, 4.69) is 12.2 Å². The third-order valence-corrected chi connectivity index (χ3v) is 3.06. The van der Waals surface area contributed by atoms with Crippen LogP contribution in [0.15, 0.2) is 12.2 Å². The van der Waals surface area contributed by atoms with Crippen molar-refractivity contribution in [2.45, 2.75) is 25.9 Å². The van der Waals surface area contributed by atoms with E-state index in [4.69, 9.17) is 5.11 Å². The smallest absolute Gasteiger partial charge is 0.164 e. The van der Waals surface area contributed by atoms with E-state index in [9.17, 15) is 4.79 Å². The second-order valence-electron chi connectivity index (χ2n) is 3.97. The highest BCUT2D eigenvalue weighted by molar-refractivity contribution is 5.85. The molecular formula is C10H14O2. The van der Waals surface area contributed by atoms with Crippen LogP contribution in [0, 0.1) is 17.8 Å². The highest BCUT2D eigenvalue weighted by Crippen LogP contribution is 2.44. The van der Waals surface area contributed by atoms with Gasteiger partial charge in [-0.2, -0.15) is 0 Å². The molecule has 1 saturated carbocycles. The minimum Gasteiger partial charge on any atom is -0.386 e. The second kappa shape index (κ2) is 2.70. The zero-order chi connectivity index (χ0) is 8.72. The highest BCUT2D eigenvalue weighted by atomic mass is 16.3. The molecule has 2 aliphatic carbocycles. The molecule has 0 amide bonds. The number of hydrogen-bond acceptors (Lipinski definition) is 2. The molecule has 2 aliphatic rings. The molecule has 0 aromatic rings. The summed E-state index contributed by atoms with van der Waals surface area (Å²) in [6, 6.07) is 0. The van der Waals surface area contributed by atoms with Crippen LogP contribution in [-0.4, -0.2) is 17.0 Å². The monoisotopic (exact) mass is 166 g/mol. The molecule has 0 spiro atoms. The quantitative estimate of drug-likeness (QED) is 0.625.